The van der Waals surface area contributed by atoms with Crippen LogP contribution in [0.1, 0.15) is 0 Å². The van der Waals surface area contributed by atoms with E-state index in [0.717, 1.165) is 28.0 Å². The Labute approximate surface area is 157 Å². The molecule has 0 N–H and O–H groups in total. The minimum atomic E-state index is -0.626. The van der Waals surface area contributed by atoms with Gasteiger partial charge in [-0.2, -0.15) is 0 Å². The van der Waals surface area contributed by atoms with Crippen LogP contribution in [0.2, 0.25) is 0 Å². The van der Waals surface area contributed by atoms with Crippen LogP contribution >= 0.6 is 0 Å². The molecule has 27 heavy (non-hydrogen) atoms. The van der Waals surface area contributed by atoms with Gasteiger partial charge in [0.2, 0.25) is 0 Å². The smallest absolute Gasteiger partial charge is 0.349 e. The second-order valence-electron chi connectivity index (χ2n) is 5.71. The highest BCUT2D eigenvalue weighted by molar-refractivity contribution is 5.75. The van der Waals surface area contributed by atoms with Crippen LogP contribution in [0.15, 0.2) is 72.8 Å². The lowest BCUT2D eigenvalue weighted by Gasteiger charge is -2.07. The van der Waals surface area contributed by atoms with Crippen molar-refractivity contribution in [2.75, 3.05) is 13.7 Å². The largest absolute Gasteiger partial charge is 0.497 e. The van der Waals surface area contributed by atoms with Gasteiger partial charge >= 0.3 is 5.97 Å². The predicted molar refractivity (Wildman–Crippen MR) is 102 cm³/mol. The molecule has 0 radical (unpaired) electrons. The molecule has 0 spiro atoms. The fourth-order valence-electron chi connectivity index (χ4n) is 2.62. The van der Waals surface area contributed by atoms with E-state index in [1.807, 2.05) is 48.5 Å². The van der Waals surface area contributed by atoms with Crippen LogP contribution in [0.25, 0.3) is 22.3 Å². The molecule has 0 aliphatic heterocycles. The first-order valence-corrected chi connectivity index (χ1v) is 8.30. The Hall–Kier alpha value is -3.60. The highest BCUT2D eigenvalue weighted by atomic mass is 16.6. The molecule has 0 atom stereocenters. The van der Waals surface area contributed by atoms with Crippen LogP contribution in [-0.2, 0) is 14.3 Å². The lowest BCUT2D eigenvalue weighted by Crippen LogP contribution is -2.14. The van der Waals surface area contributed by atoms with Crippen molar-refractivity contribution in [3.05, 3.63) is 72.8 Å². The normalized spacial score (nSPS) is 10.1. The van der Waals surface area contributed by atoms with Crippen molar-refractivity contribution in [2.24, 2.45) is 0 Å². The van der Waals surface area contributed by atoms with Gasteiger partial charge in [0.15, 0.2) is 6.61 Å². The molecule has 0 aliphatic carbocycles. The number of benzene rings is 3. The van der Waals surface area contributed by atoms with Crippen molar-refractivity contribution < 1.29 is 23.8 Å². The Morgan fingerprint density at radius 1 is 0.741 bits per heavy atom. The zero-order valence-corrected chi connectivity index (χ0v) is 14.8. The SMILES string of the molecule is COc1ccc(-c2ccc(-c3ccc(OC(=O)COC=O)cc3)cc2)cc1. The Morgan fingerprint density at radius 2 is 1.15 bits per heavy atom. The summed E-state index contributed by atoms with van der Waals surface area (Å²) in [5.74, 6) is 0.598. The van der Waals surface area contributed by atoms with Crippen LogP contribution in [0.5, 0.6) is 11.5 Å². The zero-order chi connectivity index (χ0) is 19.1. The summed E-state index contributed by atoms with van der Waals surface area (Å²) in [6, 6.07) is 23.2. The molecule has 0 unspecified atom stereocenters. The average molecular weight is 362 g/mol. The van der Waals surface area contributed by atoms with E-state index in [1.165, 1.54) is 0 Å². The van der Waals surface area contributed by atoms with Crippen molar-refractivity contribution in [3.63, 3.8) is 0 Å². The third-order valence-corrected chi connectivity index (χ3v) is 4.00. The highest BCUT2D eigenvalue weighted by Gasteiger charge is 2.06. The van der Waals surface area contributed by atoms with Gasteiger partial charge in [-0.05, 0) is 46.5 Å². The second-order valence-corrected chi connectivity index (χ2v) is 5.71. The topological polar surface area (TPSA) is 61.8 Å². The van der Waals surface area contributed by atoms with Crippen molar-refractivity contribution >= 4 is 12.4 Å². The van der Waals surface area contributed by atoms with Gasteiger partial charge in [-0.25, -0.2) is 4.79 Å². The molecular formula is C22H18O5. The Balaban J connectivity index is 1.69. The number of hydrogen-bond acceptors (Lipinski definition) is 5. The van der Waals surface area contributed by atoms with E-state index in [4.69, 9.17) is 9.47 Å². The van der Waals surface area contributed by atoms with E-state index >= 15 is 0 Å². The van der Waals surface area contributed by atoms with Gasteiger partial charge < -0.3 is 14.2 Å². The maximum atomic E-state index is 11.4. The van der Waals surface area contributed by atoms with Crippen LogP contribution in [-0.4, -0.2) is 26.2 Å². The van der Waals surface area contributed by atoms with E-state index < -0.39 is 12.6 Å². The molecule has 0 saturated carbocycles. The second kappa shape index (κ2) is 8.67. The first-order valence-electron chi connectivity index (χ1n) is 8.30. The number of carbonyl (C=O) groups excluding carboxylic acids is 2. The molecule has 0 saturated heterocycles. The summed E-state index contributed by atoms with van der Waals surface area (Å²) < 4.78 is 14.6. The molecule has 3 rings (SSSR count). The summed E-state index contributed by atoms with van der Waals surface area (Å²) in [5.41, 5.74) is 4.28. The minimum absolute atomic E-state index is 0.208. The molecular weight excluding hydrogens is 344 g/mol. The number of ether oxygens (including phenoxy) is 3. The van der Waals surface area contributed by atoms with E-state index in [9.17, 15) is 9.59 Å². The summed E-state index contributed by atoms with van der Waals surface area (Å²) in [4.78, 5) is 21.5. The van der Waals surface area contributed by atoms with Gasteiger partial charge in [-0.15, -0.1) is 0 Å². The molecule has 136 valence electrons. The summed E-state index contributed by atoms with van der Waals surface area (Å²) in [6.07, 6.45) is 0. The third kappa shape index (κ3) is 4.73. The molecule has 0 aromatic heterocycles. The number of esters is 1. The number of rotatable bonds is 7. The molecule has 0 fully saturated rings. The van der Waals surface area contributed by atoms with Crippen LogP contribution in [0.3, 0.4) is 0 Å². The molecule has 0 heterocycles. The summed E-state index contributed by atoms with van der Waals surface area (Å²) in [7, 11) is 1.65. The van der Waals surface area contributed by atoms with Crippen molar-refractivity contribution in [2.45, 2.75) is 0 Å². The average Bonchev–Trinajstić information content (AvgIpc) is 2.73. The quantitative estimate of drug-likeness (QED) is 0.360. The van der Waals surface area contributed by atoms with E-state index in [1.54, 1.807) is 19.2 Å². The zero-order valence-electron chi connectivity index (χ0n) is 14.8. The fourth-order valence-corrected chi connectivity index (χ4v) is 2.62. The molecule has 0 amide bonds. The maximum absolute atomic E-state index is 11.4. The molecule has 0 aliphatic rings. The summed E-state index contributed by atoms with van der Waals surface area (Å²) in [6.45, 7) is -0.196. The summed E-state index contributed by atoms with van der Waals surface area (Å²) in [5, 5.41) is 0. The number of hydrogen-bond donors (Lipinski definition) is 0. The van der Waals surface area contributed by atoms with Gasteiger partial charge in [0.05, 0.1) is 7.11 Å². The maximum Gasteiger partial charge on any atom is 0.349 e. The summed E-state index contributed by atoms with van der Waals surface area (Å²) >= 11 is 0. The van der Waals surface area contributed by atoms with Gasteiger partial charge in [-0.3, -0.25) is 4.79 Å². The third-order valence-electron chi connectivity index (χ3n) is 4.00. The Bertz CT molecular complexity index is 897. The fraction of sp³-hybridized carbons (Fsp3) is 0.0909. The first-order chi connectivity index (χ1) is 13.2. The standard InChI is InChI=1S/C22H18O5/c1-25-20-10-6-18(7-11-20)16-2-4-17(5-3-16)19-8-12-21(13-9-19)27-22(24)14-26-15-23/h2-13,15H,14H2,1H3. The van der Waals surface area contributed by atoms with Crippen LogP contribution in [0, 0.1) is 0 Å². The van der Waals surface area contributed by atoms with Gasteiger partial charge in [0.25, 0.3) is 6.47 Å². The first kappa shape index (κ1) is 18.2. The molecule has 5 heteroatoms. The lowest BCUT2D eigenvalue weighted by atomic mass is 10.0. The van der Waals surface area contributed by atoms with E-state index in [2.05, 4.69) is 16.9 Å². The van der Waals surface area contributed by atoms with Crippen molar-refractivity contribution in [1.82, 2.24) is 0 Å². The van der Waals surface area contributed by atoms with Crippen LogP contribution in [0.4, 0.5) is 0 Å². The van der Waals surface area contributed by atoms with E-state index in [-0.39, 0.29) is 6.47 Å². The van der Waals surface area contributed by atoms with E-state index in [0.29, 0.717) is 5.75 Å². The van der Waals surface area contributed by atoms with Crippen molar-refractivity contribution in [1.29, 1.82) is 0 Å². The number of carbonyl (C=O) groups is 2. The number of methoxy groups -OCH3 is 1. The Morgan fingerprint density at radius 3 is 1.56 bits per heavy atom. The van der Waals surface area contributed by atoms with Crippen molar-refractivity contribution in [3.8, 4) is 33.8 Å². The molecule has 3 aromatic rings. The predicted octanol–water partition coefficient (Wildman–Crippen LogP) is 4.11. The highest BCUT2D eigenvalue weighted by Crippen LogP contribution is 2.27. The molecule has 5 nitrogen and oxygen atoms in total. The van der Waals surface area contributed by atoms with Gasteiger partial charge in [0, 0.05) is 0 Å². The molecule has 0 bridgehead atoms. The molecule has 3 aromatic carbocycles. The van der Waals surface area contributed by atoms with Gasteiger partial charge in [0.1, 0.15) is 11.5 Å². The Kier molecular flexibility index (Phi) is 5.84. The van der Waals surface area contributed by atoms with Gasteiger partial charge in [-0.1, -0.05) is 48.5 Å². The minimum Gasteiger partial charge on any atom is -0.497 e. The van der Waals surface area contributed by atoms with Crippen LogP contribution < -0.4 is 9.47 Å². The monoisotopic (exact) mass is 362 g/mol. The lowest BCUT2D eigenvalue weighted by molar-refractivity contribution is -0.145.